The van der Waals surface area contributed by atoms with Gasteiger partial charge in [0.15, 0.2) is 5.69 Å². The summed E-state index contributed by atoms with van der Waals surface area (Å²) in [5.41, 5.74) is 2.32. The van der Waals surface area contributed by atoms with Crippen molar-refractivity contribution in [1.29, 1.82) is 0 Å². The van der Waals surface area contributed by atoms with Crippen molar-refractivity contribution in [2.24, 2.45) is 0 Å². The molecule has 0 unspecified atom stereocenters. The molecule has 3 rings (SSSR count). The number of hydrogen-bond acceptors (Lipinski definition) is 7. The molecule has 1 amide bonds. The SMILES string of the molecule is CC(C)c1c(C(=O)N2CCOCC2)nn(-c2ccc(F)cc2)c1CC[C@@H](O)C[C@@H](O)CC(=O)[O-]. The molecule has 0 saturated carbocycles. The summed E-state index contributed by atoms with van der Waals surface area (Å²) in [6.07, 6.45) is -2.33. The molecule has 2 heterocycles. The summed E-state index contributed by atoms with van der Waals surface area (Å²) < 4.78 is 20.5. The van der Waals surface area contributed by atoms with Gasteiger partial charge in [-0.1, -0.05) is 13.8 Å². The van der Waals surface area contributed by atoms with Gasteiger partial charge in [0.1, 0.15) is 5.82 Å². The number of hydrogen-bond donors (Lipinski definition) is 2. The Morgan fingerprint density at radius 3 is 2.38 bits per heavy atom. The molecule has 1 aliphatic rings. The van der Waals surface area contributed by atoms with Crippen molar-refractivity contribution >= 4 is 11.9 Å². The van der Waals surface area contributed by atoms with Crippen LogP contribution < -0.4 is 5.11 Å². The molecule has 0 spiro atoms. The normalized spacial score (nSPS) is 16.0. The second kappa shape index (κ2) is 11.5. The largest absolute Gasteiger partial charge is 0.550 e. The third kappa shape index (κ3) is 6.40. The summed E-state index contributed by atoms with van der Waals surface area (Å²) in [6, 6.07) is 5.76. The molecular formula is C24H31FN3O6-. The predicted octanol–water partition coefficient (Wildman–Crippen LogP) is 0.792. The maximum absolute atomic E-state index is 13.5. The van der Waals surface area contributed by atoms with Crippen LogP contribution in [-0.4, -0.2) is 75.3 Å². The van der Waals surface area contributed by atoms with Gasteiger partial charge in [-0.05, 0) is 49.4 Å². The zero-order valence-electron chi connectivity index (χ0n) is 19.4. The second-order valence-electron chi connectivity index (χ2n) is 8.81. The molecule has 2 atom stereocenters. The van der Waals surface area contributed by atoms with Gasteiger partial charge in [-0.2, -0.15) is 5.10 Å². The summed E-state index contributed by atoms with van der Waals surface area (Å²) in [6.45, 7) is 5.73. The molecule has 1 fully saturated rings. The van der Waals surface area contributed by atoms with Crippen LogP contribution in [0.5, 0.6) is 0 Å². The molecule has 9 nitrogen and oxygen atoms in total. The predicted molar refractivity (Wildman–Crippen MR) is 119 cm³/mol. The second-order valence-corrected chi connectivity index (χ2v) is 8.81. The van der Waals surface area contributed by atoms with E-state index in [0.717, 1.165) is 5.56 Å². The fourth-order valence-electron chi connectivity index (χ4n) is 4.19. The minimum absolute atomic E-state index is 0.0648. The number of carboxylic acid groups (broad SMARTS) is 1. The Labute approximate surface area is 197 Å². The number of carbonyl (C=O) groups excluding carboxylic acids is 2. The lowest BCUT2D eigenvalue weighted by Gasteiger charge is -2.26. The first kappa shape index (κ1) is 25.8. The van der Waals surface area contributed by atoms with Gasteiger partial charge in [-0.3, -0.25) is 4.79 Å². The number of nitrogens with zero attached hydrogens (tertiary/aromatic N) is 3. The van der Waals surface area contributed by atoms with Gasteiger partial charge in [0.25, 0.3) is 5.91 Å². The molecule has 10 heteroatoms. The number of halogens is 1. The van der Waals surface area contributed by atoms with Gasteiger partial charge < -0.3 is 29.8 Å². The molecule has 1 aliphatic heterocycles. The Morgan fingerprint density at radius 1 is 1.15 bits per heavy atom. The fourth-order valence-corrected chi connectivity index (χ4v) is 4.19. The third-order valence-electron chi connectivity index (χ3n) is 5.83. The van der Waals surface area contributed by atoms with E-state index in [1.54, 1.807) is 21.7 Å². The molecule has 0 aliphatic carbocycles. The standard InChI is InChI=1S/C24H32FN3O6/c1-15(2)22-20(8-7-18(29)13-19(30)14-21(31)32)28(17-5-3-16(25)4-6-17)26-23(22)24(33)27-9-11-34-12-10-27/h3-6,15,18-19,29-30H,7-14H2,1-2H3,(H,31,32)/p-1/t18-,19-/m1/s1. The van der Waals surface area contributed by atoms with Crippen molar-refractivity contribution < 1.29 is 34.0 Å². The topological polar surface area (TPSA) is 128 Å². The zero-order chi connectivity index (χ0) is 24.8. The van der Waals surface area contributed by atoms with Crippen LogP contribution in [0.1, 0.15) is 60.8 Å². The van der Waals surface area contributed by atoms with Crippen LogP contribution in [0.2, 0.25) is 0 Å². The van der Waals surface area contributed by atoms with E-state index in [2.05, 4.69) is 5.10 Å². The van der Waals surface area contributed by atoms with Gasteiger partial charge in [0.2, 0.25) is 0 Å². The van der Waals surface area contributed by atoms with Crippen LogP contribution >= 0.6 is 0 Å². The van der Waals surface area contributed by atoms with Crippen LogP contribution in [0.4, 0.5) is 4.39 Å². The van der Waals surface area contributed by atoms with Crippen molar-refractivity contribution in [3.63, 3.8) is 0 Å². The first-order valence-corrected chi connectivity index (χ1v) is 11.5. The average molecular weight is 477 g/mol. The van der Waals surface area contributed by atoms with Gasteiger partial charge in [-0.25, -0.2) is 9.07 Å². The van der Waals surface area contributed by atoms with E-state index in [4.69, 9.17) is 4.74 Å². The molecule has 1 saturated heterocycles. The van der Waals surface area contributed by atoms with Gasteiger partial charge in [0, 0.05) is 36.7 Å². The fraction of sp³-hybridized carbons (Fsp3) is 0.542. The highest BCUT2D eigenvalue weighted by Gasteiger charge is 2.29. The third-order valence-corrected chi connectivity index (χ3v) is 5.83. The molecule has 34 heavy (non-hydrogen) atoms. The molecule has 2 aromatic rings. The number of morpholine rings is 1. The van der Waals surface area contributed by atoms with Crippen molar-refractivity contribution in [1.82, 2.24) is 14.7 Å². The number of aliphatic hydroxyl groups is 2. The molecule has 186 valence electrons. The number of amides is 1. The highest BCUT2D eigenvalue weighted by molar-refractivity contribution is 5.94. The molecule has 0 bridgehead atoms. The maximum Gasteiger partial charge on any atom is 0.274 e. The molecule has 2 N–H and O–H groups in total. The van der Waals surface area contributed by atoms with Crippen LogP contribution in [0, 0.1) is 5.82 Å². The summed E-state index contributed by atoms with van der Waals surface area (Å²) in [7, 11) is 0. The van der Waals surface area contributed by atoms with Crippen LogP contribution in [0.15, 0.2) is 24.3 Å². The van der Waals surface area contributed by atoms with E-state index in [1.807, 2.05) is 13.8 Å². The monoisotopic (exact) mass is 476 g/mol. The highest BCUT2D eigenvalue weighted by atomic mass is 19.1. The summed E-state index contributed by atoms with van der Waals surface area (Å²) in [5.74, 6) is -2.06. The van der Waals surface area contributed by atoms with Crippen LogP contribution in [-0.2, 0) is 16.0 Å². The average Bonchev–Trinajstić information content (AvgIpc) is 3.17. The van der Waals surface area contributed by atoms with Crippen molar-refractivity contribution in [3.8, 4) is 5.69 Å². The molecule has 1 aromatic carbocycles. The number of carboxylic acids is 1. The Morgan fingerprint density at radius 2 is 1.79 bits per heavy atom. The zero-order valence-corrected chi connectivity index (χ0v) is 19.4. The summed E-state index contributed by atoms with van der Waals surface area (Å²) >= 11 is 0. The van der Waals surface area contributed by atoms with Crippen molar-refractivity contribution in [3.05, 3.63) is 47.0 Å². The first-order valence-electron chi connectivity index (χ1n) is 11.5. The summed E-state index contributed by atoms with van der Waals surface area (Å²) in [5, 5.41) is 35.5. The van der Waals surface area contributed by atoms with E-state index in [1.165, 1.54) is 12.1 Å². The highest BCUT2D eigenvalue weighted by Crippen LogP contribution is 2.29. The number of ether oxygens (including phenoxy) is 1. The number of aliphatic carboxylic acids is 1. The van der Waals surface area contributed by atoms with Gasteiger partial charge in [0.05, 0.1) is 31.1 Å². The van der Waals surface area contributed by atoms with Gasteiger partial charge in [-0.15, -0.1) is 0 Å². The van der Waals surface area contributed by atoms with Gasteiger partial charge >= 0.3 is 0 Å². The summed E-state index contributed by atoms with van der Waals surface area (Å²) in [4.78, 5) is 25.7. The van der Waals surface area contributed by atoms with Crippen LogP contribution in [0.25, 0.3) is 5.69 Å². The molecule has 0 radical (unpaired) electrons. The number of aliphatic hydroxyl groups excluding tert-OH is 2. The van der Waals surface area contributed by atoms with Crippen molar-refractivity contribution in [2.45, 2.75) is 57.7 Å². The van der Waals surface area contributed by atoms with Crippen molar-refractivity contribution in [2.75, 3.05) is 26.3 Å². The minimum Gasteiger partial charge on any atom is -0.550 e. The van der Waals surface area contributed by atoms with Crippen LogP contribution in [0.3, 0.4) is 0 Å². The van der Waals surface area contributed by atoms with E-state index in [9.17, 15) is 29.3 Å². The lowest BCUT2D eigenvalue weighted by Crippen LogP contribution is -2.41. The maximum atomic E-state index is 13.5. The quantitative estimate of drug-likeness (QED) is 0.519. The van der Waals surface area contributed by atoms with E-state index >= 15 is 0 Å². The lowest BCUT2D eigenvalue weighted by atomic mass is 9.95. The minimum atomic E-state index is -1.39. The number of benzene rings is 1. The number of aromatic nitrogens is 2. The Bertz CT molecular complexity index is 985. The Balaban J connectivity index is 1.94. The molecular weight excluding hydrogens is 445 g/mol. The van der Waals surface area contributed by atoms with E-state index in [0.29, 0.717) is 49.8 Å². The smallest absolute Gasteiger partial charge is 0.274 e. The lowest BCUT2D eigenvalue weighted by molar-refractivity contribution is -0.307. The number of rotatable bonds is 10. The molecule has 1 aromatic heterocycles. The Hall–Kier alpha value is -2.82. The Kier molecular flexibility index (Phi) is 8.76. The van der Waals surface area contributed by atoms with E-state index in [-0.39, 0.29) is 24.7 Å². The first-order chi connectivity index (χ1) is 16.2. The van der Waals surface area contributed by atoms with E-state index < -0.39 is 30.4 Å². The number of carbonyl (C=O) groups is 2.